The van der Waals surface area contributed by atoms with E-state index in [1.807, 2.05) is 32.0 Å². The van der Waals surface area contributed by atoms with Gasteiger partial charge < -0.3 is 15.8 Å². The van der Waals surface area contributed by atoms with Crippen LogP contribution in [0.4, 0.5) is 5.69 Å². The molecule has 0 aliphatic carbocycles. The average Bonchev–Trinajstić information content (AvgIpc) is 2.26. The lowest BCUT2D eigenvalue weighted by atomic mass is 10.1. The number of rotatable bonds is 3. The van der Waals surface area contributed by atoms with Crippen molar-refractivity contribution in [2.45, 2.75) is 20.3 Å². The minimum Gasteiger partial charge on any atom is -0.409 e. The molecule has 0 unspecified atom stereocenters. The standard InChI is InChI=1S/C12H17N3O2/c1-8-4-9(2)6-10(5-8)15(3)12(16)7-11(13)14-17/h4-6,17H,7H2,1-3H3,(H2,13,14). The van der Waals surface area contributed by atoms with Gasteiger partial charge in [0.15, 0.2) is 0 Å². The quantitative estimate of drug-likeness (QED) is 0.360. The summed E-state index contributed by atoms with van der Waals surface area (Å²) in [7, 11) is 1.67. The number of amidine groups is 1. The monoisotopic (exact) mass is 235 g/mol. The predicted octanol–water partition coefficient (Wildman–Crippen LogP) is 1.40. The van der Waals surface area contributed by atoms with E-state index in [1.165, 1.54) is 4.90 Å². The first-order valence-corrected chi connectivity index (χ1v) is 5.25. The Morgan fingerprint density at radius 1 is 1.35 bits per heavy atom. The van der Waals surface area contributed by atoms with Gasteiger partial charge in [0.05, 0.1) is 6.42 Å². The normalized spacial score (nSPS) is 11.4. The van der Waals surface area contributed by atoms with E-state index in [2.05, 4.69) is 5.16 Å². The van der Waals surface area contributed by atoms with Crippen molar-refractivity contribution in [3.8, 4) is 0 Å². The lowest BCUT2D eigenvalue weighted by molar-refractivity contribution is -0.117. The number of amides is 1. The number of oxime groups is 1. The molecule has 0 fully saturated rings. The smallest absolute Gasteiger partial charge is 0.234 e. The molecule has 0 atom stereocenters. The fraction of sp³-hybridized carbons (Fsp3) is 0.333. The van der Waals surface area contributed by atoms with Gasteiger partial charge in [0.2, 0.25) is 5.91 Å². The van der Waals surface area contributed by atoms with Crippen LogP contribution in [0.1, 0.15) is 17.5 Å². The zero-order valence-electron chi connectivity index (χ0n) is 10.3. The Morgan fingerprint density at radius 2 is 1.88 bits per heavy atom. The van der Waals surface area contributed by atoms with E-state index in [0.29, 0.717) is 0 Å². The van der Waals surface area contributed by atoms with Gasteiger partial charge in [-0.3, -0.25) is 4.79 Å². The molecule has 0 aromatic heterocycles. The molecular weight excluding hydrogens is 218 g/mol. The molecule has 1 rings (SSSR count). The van der Waals surface area contributed by atoms with Crippen LogP contribution in [-0.4, -0.2) is 24.0 Å². The second-order valence-electron chi connectivity index (χ2n) is 4.07. The fourth-order valence-electron chi connectivity index (χ4n) is 1.60. The third-order valence-electron chi connectivity index (χ3n) is 2.43. The molecule has 17 heavy (non-hydrogen) atoms. The van der Waals surface area contributed by atoms with Gasteiger partial charge in [-0.15, -0.1) is 0 Å². The first-order chi connectivity index (χ1) is 7.93. The molecule has 92 valence electrons. The Labute approximate surface area is 101 Å². The summed E-state index contributed by atoms with van der Waals surface area (Å²) in [5, 5.41) is 11.2. The summed E-state index contributed by atoms with van der Waals surface area (Å²) >= 11 is 0. The van der Waals surface area contributed by atoms with Crippen molar-refractivity contribution in [3.63, 3.8) is 0 Å². The van der Waals surface area contributed by atoms with Crippen LogP contribution in [0.2, 0.25) is 0 Å². The van der Waals surface area contributed by atoms with Crippen LogP contribution in [0, 0.1) is 13.8 Å². The molecule has 0 radical (unpaired) electrons. The van der Waals surface area contributed by atoms with E-state index >= 15 is 0 Å². The minimum absolute atomic E-state index is 0.0915. The number of nitrogens with two attached hydrogens (primary N) is 1. The number of hydrogen-bond acceptors (Lipinski definition) is 3. The van der Waals surface area contributed by atoms with E-state index in [4.69, 9.17) is 10.9 Å². The van der Waals surface area contributed by atoms with Crippen LogP contribution in [0.15, 0.2) is 23.4 Å². The summed E-state index contributed by atoms with van der Waals surface area (Å²) in [5.41, 5.74) is 8.28. The molecule has 5 nitrogen and oxygen atoms in total. The molecule has 1 aromatic carbocycles. The number of hydrogen-bond donors (Lipinski definition) is 2. The lowest BCUT2D eigenvalue weighted by Crippen LogP contribution is -2.30. The maximum absolute atomic E-state index is 11.8. The second kappa shape index (κ2) is 5.34. The van der Waals surface area contributed by atoms with Gasteiger partial charge in [-0.25, -0.2) is 0 Å². The van der Waals surface area contributed by atoms with E-state index in [9.17, 15) is 4.79 Å². The zero-order valence-corrected chi connectivity index (χ0v) is 10.3. The number of benzene rings is 1. The zero-order chi connectivity index (χ0) is 13.0. The van der Waals surface area contributed by atoms with Gasteiger partial charge in [-0.2, -0.15) is 0 Å². The number of aryl methyl sites for hydroxylation is 2. The molecule has 0 saturated carbocycles. The Morgan fingerprint density at radius 3 is 2.35 bits per heavy atom. The van der Waals surface area contributed by atoms with Gasteiger partial charge in [-0.05, 0) is 37.1 Å². The Balaban J connectivity index is 2.88. The van der Waals surface area contributed by atoms with Gasteiger partial charge in [0.25, 0.3) is 0 Å². The van der Waals surface area contributed by atoms with E-state index in [-0.39, 0.29) is 18.2 Å². The Bertz CT molecular complexity index is 435. The van der Waals surface area contributed by atoms with Gasteiger partial charge in [0, 0.05) is 12.7 Å². The minimum atomic E-state index is -0.217. The molecule has 0 saturated heterocycles. The highest BCUT2D eigenvalue weighted by Crippen LogP contribution is 2.18. The van der Waals surface area contributed by atoms with E-state index in [1.54, 1.807) is 7.05 Å². The lowest BCUT2D eigenvalue weighted by Gasteiger charge is -2.18. The molecular formula is C12H17N3O2. The van der Waals surface area contributed by atoms with Crippen LogP contribution >= 0.6 is 0 Å². The third-order valence-corrected chi connectivity index (χ3v) is 2.43. The van der Waals surface area contributed by atoms with Crippen molar-refractivity contribution >= 4 is 17.4 Å². The summed E-state index contributed by atoms with van der Waals surface area (Å²) in [6.45, 7) is 3.94. The van der Waals surface area contributed by atoms with Crippen LogP contribution in [0.25, 0.3) is 0 Å². The van der Waals surface area contributed by atoms with Crippen LogP contribution < -0.4 is 10.6 Å². The molecule has 3 N–H and O–H groups in total. The van der Waals surface area contributed by atoms with Crippen molar-refractivity contribution in [1.29, 1.82) is 0 Å². The Kier molecular flexibility index (Phi) is 4.09. The van der Waals surface area contributed by atoms with Crippen molar-refractivity contribution in [2.75, 3.05) is 11.9 Å². The number of carbonyl (C=O) groups is 1. The van der Waals surface area contributed by atoms with Crippen molar-refractivity contribution in [1.82, 2.24) is 0 Å². The van der Waals surface area contributed by atoms with E-state index in [0.717, 1.165) is 16.8 Å². The highest BCUT2D eigenvalue weighted by Gasteiger charge is 2.13. The van der Waals surface area contributed by atoms with E-state index < -0.39 is 0 Å². The Hall–Kier alpha value is -2.04. The van der Waals surface area contributed by atoms with Crippen LogP contribution in [-0.2, 0) is 4.79 Å². The number of nitrogens with zero attached hydrogens (tertiary/aromatic N) is 2. The van der Waals surface area contributed by atoms with Gasteiger partial charge >= 0.3 is 0 Å². The summed E-state index contributed by atoms with van der Waals surface area (Å²) < 4.78 is 0. The van der Waals surface area contributed by atoms with Crippen molar-refractivity contribution in [2.24, 2.45) is 10.9 Å². The summed E-state index contributed by atoms with van der Waals surface area (Å²) in [4.78, 5) is 13.3. The third kappa shape index (κ3) is 3.48. The SMILES string of the molecule is Cc1cc(C)cc(N(C)C(=O)CC(N)=NO)c1. The maximum Gasteiger partial charge on any atom is 0.234 e. The molecule has 0 spiro atoms. The number of anilines is 1. The molecule has 1 amide bonds. The van der Waals surface area contributed by atoms with Gasteiger partial charge in [-0.1, -0.05) is 11.2 Å². The highest BCUT2D eigenvalue weighted by molar-refractivity contribution is 6.05. The largest absolute Gasteiger partial charge is 0.409 e. The topological polar surface area (TPSA) is 78.9 Å². The first-order valence-electron chi connectivity index (χ1n) is 5.25. The summed E-state index contributed by atoms with van der Waals surface area (Å²) in [6.07, 6.45) is -0.0972. The average molecular weight is 235 g/mol. The summed E-state index contributed by atoms with van der Waals surface area (Å²) in [5.74, 6) is -0.309. The molecule has 0 aliphatic rings. The molecule has 0 bridgehead atoms. The molecule has 1 aromatic rings. The second-order valence-corrected chi connectivity index (χ2v) is 4.07. The number of carbonyl (C=O) groups excluding carboxylic acids is 1. The van der Waals surface area contributed by atoms with Crippen LogP contribution in [0.5, 0.6) is 0 Å². The first kappa shape index (κ1) is 13.0. The predicted molar refractivity (Wildman–Crippen MR) is 67.4 cm³/mol. The fourth-order valence-corrected chi connectivity index (χ4v) is 1.60. The summed E-state index contributed by atoms with van der Waals surface area (Å²) in [6, 6.07) is 5.86. The highest BCUT2D eigenvalue weighted by atomic mass is 16.4. The van der Waals surface area contributed by atoms with Crippen molar-refractivity contribution in [3.05, 3.63) is 29.3 Å². The molecule has 0 aliphatic heterocycles. The maximum atomic E-state index is 11.8. The van der Waals surface area contributed by atoms with Crippen LogP contribution in [0.3, 0.4) is 0 Å². The van der Waals surface area contributed by atoms with Gasteiger partial charge in [0.1, 0.15) is 5.84 Å². The molecule has 0 heterocycles. The van der Waals surface area contributed by atoms with Crippen molar-refractivity contribution < 1.29 is 10.0 Å². The molecule has 5 heteroatoms.